The molecule has 2 aromatic carbocycles. The van der Waals surface area contributed by atoms with Gasteiger partial charge in [-0.2, -0.15) is 5.10 Å². The van der Waals surface area contributed by atoms with Crippen molar-refractivity contribution in [2.45, 2.75) is 57.3 Å². The van der Waals surface area contributed by atoms with Crippen molar-refractivity contribution in [3.8, 4) is 5.69 Å². The highest BCUT2D eigenvalue weighted by molar-refractivity contribution is 5.99. The minimum atomic E-state index is -0.684. The summed E-state index contributed by atoms with van der Waals surface area (Å²) in [6, 6.07) is 9.74. The molecule has 1 aliphatic heterocycles. The number of nitrogens with zero attached hydrogens (tertiary/aromatic N) is 2. The van der Waals surface area contributed by atoms with E-state index in [1.54, 1.807) is 13.0 Å². The molecule has 1 aliphatic carbocycles. The van der Waals surface area contributed by atoms with Crippen LogP contribution in [-0.4, -0.2) is 39.1 Å². The second-order valence-corrected chi connectivity index (χ2v) is 10.2. The predicted molar refractivity (Wildman–Crippen MR) is 133 cm³/mol. The second-order valence-electron chi connectivity index (χ2n) is 10.2. The van der Waals surface area contributed by atoms with Crippen LogP contribution in [0.15, 0.2) is 36.5 Å². The Kier molecular flexibility index (Phi) is 5.60. The van der Waals surface area contributed by atoms with Crippen molar-refractivity contribution >= 4 is 27.8 Å². The van der Waals surface area contributed by atoms with Crippen LogP contribution >= 0.6 is 0 Å². The van der Waals surface area contributed by atoms with Gasteiger partial charge < -0.3 is 14.4 Å². The molecule has 7 heteroatoms. The normalized spacial score (nSPS) is 21.7. The van der Waals surface area contributed by atoms with Crippen LogP contribution in [0.1, 0.15) is 67.2 Å². The van der Waals surface area contributed by atoms with Gasteiger partial charge in [0.15, 0.2) is 0 Å². The van der Waals surface area contributed by atoms with Gasteiger partial charge in [-0.05, 0) is 92.8 Å². The summed E-state index contributed by atoms with van der Waals surface area (Å²) in [5, 5.41) is 19.2. The Morgan fingerprint density at radius 2 is 1.86 bits per heavy atom. The molecule has 2 aliphatic rings. The van der Waals surface area contributed by atoms with E-state index < -0.39 is 5.97 Å². The van der Waals surface area contributed by atoms with Gasteiger partial charge in [0.25, 0.3) is 0 Å². The fraction of sp³-hybridized carbons (Fsp3) is 0.429. The highest BCUT2D eigenvalue weighted by Gasteiger charge is 2.34. The minimum absolute atomic E-state index is 0.206. The molecule has 1 saturated heterocycles. The standard InChI is InChI=1S/C28H30FN3O3/c1-16-12-21(6-7-23(16)29)32-25-13-20-15-30-31-24(20)14-22(25)26(27(32)18-8-10-35-11-9-18)17-2-4-19(5-3-17)28(33)34/h6-7,12-15,17-19H,2-5,8-11H2,1H3,(H,30,31)(H,33,34)/t17-,19-. The molecule has 3 heterocycles. The number of fused-ring (bicyclic) bond motifs is 2. The molecule has 6 rings (SSSR count). The maximum absolute atomic E-state index is 14.3. The smallest absolute Gasteiger partial charge is 0.306 e. The van der Waals surface area contributed by atoms with E-state index in [-0.39, 0.29) is 17.7 Å². The number of nitrogens with one attached hydrogen (secondary N) is 1. The molecular weight excluding hydrogens is 445 g/mol. The average molecular weight is 476 g/mol. The van der Waals surface area contributed by atoms with E-state index in [1.165, 1.54) is 16.6 Å². The van der Waals surface area contributed by atoms with Crippen LogP contribution in [0.5, 0.6) is 0 Å². The molecule has 4 aromatic rings. The summed E-state index contributed by atoms with van der Waals surface area (Å²) in [5.74, 6) is -0.539. The number of benzene rings is 2. The number of aryl methyl sites for hydroxylation is 1. The highest BCUT2D eigenvalue weighted by atomic mass is 19.1. The third-order valence-electron chi connectivity index (χ3n) is 8.10. The second kappa shape index (κ2) is 8.79. The number of hydrogen-bond donors (Lipinski definition) is 2. The van der Waals surface area contributed by atoms with Crippen molar-refractivity contribution in [2.75, 3.05) is 13.2 Å². The number of aromatic nitrogens is 3. The molecule has 6 nitrogen and oxygen atoms in total. The third-order valence-corrected chi connectivity index (χ3v) is 8.10. The van der Waals surface area contributed by atoms with E-state index in [4.69, 9.17) is 4.74 Å². The van der Waals surface area contributed by atoms with Gasteiger partial charge >= 0.3 is 5.97 Å². The molecule has 2 N–H and O–H groups in total. The van der Waals surface area contributed by atoms with E-state index >= 15 is 0 Å². The molecule has 0 atom stereocenters. The Morgan fingerprint density at radius 1 is 1.09 bits per heavy atom. The maximum atomic E-state index is 14.3. The Labute approximate surface area is 203 Å². The molecular formula is C28H30FN3O3. The van der Waals surface area contributed by atoms with E-state index in [0.717, 1.165) is 61.0 Å². The maximum Gasteiger partial charge on any atom is 0.306 e. The van der Waals surface area contributed by atoms with Crippen molar-refractivity contribution in [1.29, 1.82) is 0 Å². The monoisotopic (exact) mass is 475 g/mol. The summed E-state index contributed by atoms with van der Waals surface area (Å²) in [4.78, 5) is 11.6. The molecule has 2 aromatic heterocycles. The molecule has 0 unspecified atom stereocenters. The first-order valence-corrected chi connectivity index (χ1v) is 12.6. The van der Waals surface area contributed by atoms with E-state index in [2.05, 4.69) is 26.9 Å². The van der Waals surface area contributed by atoms with Gasteiger partial charge in [0.1, 0.15) is 5.82 Å². The fourth-order valence-corrected chi connectivity index (χ4v) is 6.25. The lowest BCUT2D eigenvalue weighted by Gasteiger charge is -2.31. The first kappa shape index (κ1) is 22.3. The molecule has 1 saturated carbocycles. The molecule has 0 spiro atoms. The number of rotatable bonds is 4. The lowest BCUT2D eigenvalue weighted by Crippen LogP contribution is -2.23. The SMILES string of the molecule is Cc1cc(-n2c(C3CCOCC3)c([C@H]3CC[C@H](C(=O)O)CC3)c3cc4[nH]ncc4cc32)ccc1F. The molecule has 35 heavy (non-hydrogen) atoms. The minimum Gasteiger partial charge on any atom is -0.481 e. The van der Waals surface area contributed by atoms with Crippen molar-refractivity contribution in [3.63, 3.8) is 0 Å². The van der Waals surface area contributed by atoms with Crippen LogP contribution in [0.2, 0.25) is 0 Å². The first-order chi connectivity index (χ1) is 17.0. The summed E-state index contributed by atoms with van der Waals surface area (Å²) in [7, 11) is 0. The van der Waals surface area contributed by atoms with Gasteiger partial charge in [-0.25, -0.2) is 4.39 Å². The van der Waals surface area contributed by atoms with Crippen molar-refractivity contribution in [3.05, 3.63) is 59.2 Å². The third kappa shape index (κ3) is 3.82. The fourth-order valence-electron chi connectivity index (χ4n) is 6.25. The summed E-state index contributed by atoms with van der Waals surface area (Å²) >= 11 is 0. The summed E-state index contributed by atoms with van der Waals surface area (Å²) in [6.45, 7) is 3.26. The topological polar surface area (TPSA) is 80.1 Å². The zero-order valence-electron chi connectivity index (χ0n) is 19.9. The van der Waals surface area contributed by atoms with E-state index in [0.29, 0.717) is 24.3 Å². The van der Waals surface area contributed by atoms with Crippen LogP contribution in [0.25, 0.3) is 27.5 Å². The quantitative estimate of drug-likeness (QED) is 0.368. The van der Waals surface area contributed by atoms with Crippen molar-refractivity contribution < 1.29 is 19.0 Å². The summed E-state index contributed by atoms with van der Waals surface area (Å²) < 4.78 is 22.3. The van der Waals surface area contributed by atoms with Gasteiger partial charge in [0, 0.05) is 41.3 Å². The molecule has 0 amide bonds. The van der Waals surface area contributed by atoms with Crippen molar-refractivity contribution in [2.24, 2.45) is 5.92 Å². The van der Waals surface area contributed by atoms with E-state index in [1.807, 2.05) is 18.3 Å². The zero-order valence-corrected chi connectivity index (χ0v) is 19.9. The molecule has 0 bridgehead atoms. The molecule has 182 valence electrons. The predicted octanol–water partition coefficient (Wildman–Crippen LogP) is 6.21. The van der Waals surface area contributed by atoms with Gasteiger partial charge in [0.05, 0.1) is 23.1 Å². The van der Waals surface area contributed by atoms with Crippen LogP contribution in [-0.2, 0) is 9.53 Å². The number of ether oxygens (including phenoxy) is 1. The zero-order chi connectivity index (χ0) is 24.1. The lowest BCUT2D eigenvalue weighted by molar-refractivity contribution is -0.142. The Balaban J connectivity index is 1.62. The summed E-state index contributed by atoms with van der Waals surface area (Å²) in [5.41, 5.74) is 6.28. The number of halogens is 1. The van der Waals surface area contributed by atoms with Gasteiger partial charge in [-0.3, -0.25) is 9.89 Å². The van der Waals surface area contributed by atoms with E-state index in [9.17, 15) is 14.3 Å². The number of hydrogen-bond acceptors (Lipinski definition) is 3. The number of H-pyrrole nitrogens is 1. The van der Waals surface area contributed by atoms with Crippen molar-refractivity contribution in [1.82, 2.24) is 14.8 Å². The largest absolute Gasteiger partial charge is 0.481 e. The van der Waals surface area contributed by atoms with Crippen LogP contribution in [0.3, 0.4) is 0 Å². The van der Waals surface area contributed by atoms with Crippen LogP contribution in [0, 0.1) is 18.7 Å². The van der Waals surface area contributed by atoms with Crippen LogP contribution < -0.4 is 0 Å². The Morgan fingerprint density at radius 3 is 2.57 bits per heavy atom. The first-order valence-electron chi connectivity index (χ1n) is 12.6. The molecule has 2 fully saturated rings. The van der Waals surface area contributed by atoms with Gasteiger partial charge in [-0.15, -0.1) is 0 Å². The average Bonchev–Trinajstić information content (AvgIpc) is 3.46. The molecule has 0 radical (unpaired) electrons. The number of carbonyl (C=O) groups is 1. The highest BCUT2D eigenvalue weighted by Crippen LogP contribution is 2.47. The summed E-state index contributed by atoms with van der Waals surface area (Å²) in [6.07, 6.45) is 6.82. The Hall–Kier alpha value is -3.19. The van der Waals surface area contributed by atoms with Crippen LogP contribution in [0.4, 0.5) is 4.39 Å². The lowest BCUT2D eigenvalue weighted by atomic mass is 9.76. The Bertz CT molecular complexity index is 1410. The van der Waals surface area contributed by atoms with Gasteiger partial charge in [-0.1, -0.05) is 0 Å². The number of carboxylic acids is 1. The number of aromatic amines is 1. The number of aliphatic carboxylic acids is 1. The van der Waals surface area contributed by atoms with Gasteiger partial charge in [0.2, 0.25) is 0 Å². The number of carboxylic acid groups (broad SMARTS) is 1.